The molecule has 0 saturated heterocycles. The average molecular weight is 527 g/mol. The zero-order chi connectivity index (χ0) is 20.6. The lowest BCUT2D eigenvalue weighted by Gasteiger charge is -2.30. The summed E-state index contributed by atoms with van der Waals surface area (Å²) in [6, 6.07) is 0.471. The molecule has 1 saturated carbocycles. The molecule has 0 aromatic heterocycles. The Morgan fingerprint density at radius 1 is 1.10 bits per heavy atom. The van der Waals surface area contributed by atoms with Crippen LogP contribution in [0.4, 0.5) is 0 Å². The Hall–Kier alpha value is -0.610. The lowest BCUT2D eigenvalue weighted by atomic mass is 9.85. The fraction of sp³-hybridized carbons (Fsp3) is 0.905. The number of nitrogens with one attached hydrogen (secondary N) is 3. The predicted octanol–water partition coefficient (Wildman–Crippen LogP) is 3.08. The van der Waals surface area contributed by atoms with E-state index in [1.54, 1.807) is 0 Å². The van der Waals surface area contributed by atoms with E-state index in [1.807, 2.05) is 13.8 Å². The van der Waals surface area contributed by atoms with Crippen molar-refractivity contribution >= 4 is 35.8 Å². The van der Waals surface area contributed by atoms with Gasteiger partial charge in [-0.05, 0) is 46.5 Å². The van der Waals surface area contributed by atoms with Crippen molar-refractivity contribution in [1.29, 1.82) is 0 Å². The van der Waals surface area contributed by atoms with Crippen LogP contribution in [0.25, 0.3) is 0 Å². The first kappa shape index (κ1) is 28.4. The van der Waals surface area contributed by atoms with E-state index >= 15 is 0 Å². The van der Waals surface area contributed by atoms with Gasteiger partial charge in [-0.25, -0.2) is 0 Å². The number of hydrogen-bond donors (Lipinski definition) is 3. The molecule has 1 aliphatic carbocycles. The SMILES string of the molecule is CCCCOCCOCCN=C(NCC)NC1CCCC(C(=O)NC(C)C)C1.I. The summed E-state index contributed by atoms with van der Waals surface area (Å²) in [4.78, 5) is 16.9. The molecule has 0 radical (unpaired) electrons. The molecular weight excluding hydrogens is 483 g/mol. The lowest BCUT2D eigenvalue weighted by Crippen LogP contribution is -2.47. The summed E-state index contributed by atoms with van der Waals surface area (Å²) in [6.45, 7) is 12.3. The molecule has 1 aliphatic rings. The van der Waals surface area contributed by atoms with Crippen LogP contribution in [0.1, 0.15) is 66.2 Å². The van der Waals surface area contributed by atoms with Crippen molar-refractivity contribution in [3.05, 3.63) is 0 Å². The average Bonchev–Trinajstić information content (AvgIpc) is 2.66. The van der Waals surface area contributed by atoms with E-state index < -0.39 is 0 Å². The minimum Gasteiger partial charge on any atom is -0.379 e. The largest absolute Gasteiger partial charge is 0.379 e. The van der Waals surface area contributed by atoms with Gasteiger partial charge < -0.3 is 25.4 Å². The van der Waals surface area contributed by atoms with Crippen molar-refractivity contribution in [3.63, 3.8) is 0 Å². The van der Waals surface area contributed by atoms with E-state index in [4.69, 9.17) is 9.47 Å². The summed E-state index contributed by atoms with van der Waals surface area (Å²) in [5.74, 6) is 1.07. The molecule has 1 rings (SSSR count). The third-order valence-electron chi connectivity index (χ3n) is 4.68. The number of carbonyl (C=O) groups is 1. The molecule has 29 heavy (non-hydrogen) atoms. The van der Waals surface area contributed by atoms with Crippen LogP contribution in [-0.4, -0.2) is 63.5 Å². The fourth-order valence-electron chi connectivity index (χ4n) is 3.27. The molecule has 7 nitrogen and oxygen atoms in total. The maximum Gasteiger partial charge on any atom is 0.223 e. The summed E-state index contributed by atoms with van der Waals surface area (Å²) in [5.41, 5.74) is 0. The number of rotatable bonds is 13. The van der Waals surface area contributed by atoms with E-state index in [1.165, 1.54) is 0 Å². The van der Waals surface area contributed by atoms with E-state index in [-0.39, 0.29) is 47.9 Å². The van der Waals surface area contributed by atoms with Crippen LogP contribution in [-0.2, 0) is 14.3 Å². The van der Waals surface area contributed by atoms with Crippen molar-refractivity contribution < 1.29 is 14.3 Å². The van der Waals surface area contributed by atoms with Crippen LogP contribution >= 0.6 is 24.0 Å². The van der Waals surface area contributed by atoms with Gasteiger partial charge in [0.2, 0.25) is 5.91 Å². The summed E-state index contributed by atoms with van der Waals surface area (Å²) in [7, 11) is 0. The Morgan fingerprint density at radius 3 is 2.48 bits per heavy atom. The van der Waals surface area contributed by atoms with Gasteiger partial charge in [0.15, 0.2) is 5.96 Å². The second kappa shape index (κ2) is 18.2. The van der Waals surface area contributed by atoms with Crippen LogP contribution in [0, 0.1) is 5.92 Å². The Balaban J connectivity index is 0.00000784. The number of guanidine groups is 1. The molecule has 0 aromatic rings. The van der Waals surface area contributed by atoms with Gasteiger partial charge in [-0.15, -0.1) is 24.0 Å². The predicted molar refractivity (Wildman–Crippen MR) is 130 cm³/mol. The lowest BCUT2D eigenvalue weighted by molar-refractivity contribution is -0.126. The van der Waals surface area contributed by atoms with Crippen molar-refractivity contribution in [2.24, 2.45) is 10.9 Å². The highest BCUT2D eigenvalue weighted by Crippen LogP contribution is 2.24. The molecule has 2 unspecified atom stereocenters. The van der Waals surface area contributed by atoms with E-state index in [9.17, 15) is 4.79 Å². The number of carbonyl (C=O) groups excluding carboxylic acids is 1. The number of halogens is 1. The summed E-state index contributed by atoms with van der Waals surface area (Å²) in [5, 5.41) is 9.83. The van der Waals surface area contributed by atoms with Crippen LogP contribution in [0.5, 0.6) is 0 Å². The molecule has 0 heterocycles. The Labute approximate surface area is 194 Å². The number of amides is 1. The number of hydrogen-bond acceptors (Lipinski definition) is 4. The molecule has 172 valence electrons. The molecule has 1 amide bonds. The molecule has 0 spiro atoms. The third-order valence-corrected chi connectivity index (χ3v) is 4.68. The molecular formula is C21H43IN4O3. The number of aliphatic imine (C=N–C) groups is 1. The van der Waals surface area contributed by atoms with E-state index in [0.717, 1.165) is 57.6 Å². The number of nitrogens with zero attached hydrogens (tertiary/aromatic N) is 1. The number of ether oxygens (including phenoxy) is 2. The monoisotopic (exact) mass is 526 g/mol. The minimum absolute atomic E-state index is 0. The van der Waals surface area contributed by atoms with Crippen LogP contribution in [0.3, 0.4) is 0 Å². The van der Waals surface area contributed by atoms with Gasteiger partial charge in [0.25, 0.3) is 0 Å². The standard InChI is InChI=1S/C21H42N4O3.HI/c1-5-7-12-27-14-15-28-13-11-23-21(22-6-2)25-19-10-8-9-18(16-19)20(26)24-17(3)4;/h17-19H,5-16H2,1-4H3,(H,24,26)(H2,22,23,25);1H. The van der Waals surface area contributed by atoms with Crippen LogP contribution < -0.4 is 16.0 Å². The van der Waals surface area contributed by atoms with Gasteiger partial charge >= 0.3 is 0 Å². The Bertz CT molecular complexity index is 450. The van der Waals surface area contributed by atoms with Crippen molar-refractivity contribution in [2.45, 2.75) is 78.3 Å². The second-order valence-corrected chi connectivity index (χ2v) is 7.71. The van der Waals surface area contributed by atoms with Gasteiger partial charge in [0.1, 0.15) is 0 Å². The first-order valence-corrected chi connectivity index (χ1v) is 11.1. The summed E-state index contributed by atoms with van der Waals surface area (Å²) in [6.07, 6.45) is 6.21. The summed E-state index contributed by atoms with van der Waals surface area (Å²) >= 11 is 0. The molecule has 0 aromatic carbocycles. The number of unbranched alkanes of at least 4 members (excludes halogenated alkanes) is 1. The van der Waals surface area contributed by atoms with Gasteiger partial charge in [-0.2, -0.15) is 0 Å². The highest BCUT2D eigenvalue weighted by Gasteiger charge is 2.27. The van der Waals surface area contributed by atoms with Crippen LogP contribution in [0.2, 0.25) is 0 Å². The van der Waals surface area contributed by atoms with Gasteiger partial charge in [0, 0.05) is 31.2 Å². The Kier molecular flexibility index (Phi) is 17.8. The third kappa shape index (κ3) is 14.1. The van der Waals surface area contributed by atoms with Crippen molar-refractivity contribution in [2.75, 3.05) is 39.5 Å². The van der Waals surface area contributed by atoms with Gasteiger partial charge in [0.05, 0.1) is 26.4 Å². The first-order valence-electron chi connectivity index (χ1n) is 11.1. The highest BCUT2D eigenvalue weighted by atomic mass is 127. The zero-order valence-electron chi connectivity index (χ0n) is 18.8. The van der Waals surface area contributed by atoms with Gasteiger partial charge in [-0.1, -0.05) is 19.8 Å². The molecule has 8 heteroatoms. The highest BCUT2D eigenvalue weighted by molar-refractivity contribution is 14.0. The fourth-order valence-corrected chi connectivity index (χ4v) is 3.27. The van der Waals surface area contributed by atoms with E-state index in [2.05, 4.69) is 34.8 Å². The van der Waals surface area contributed by atoms with Crippen molar-refractivity contribution in [1.82, 2.24) is 16.0 Å². The van der Waals surface area contributed by atoms with E-state index in [0.29, 0.717) is 26.4 Å². The molecule has 0 aliphatic heterocycles. The molecule has 0 bridgehead atoms. The normalized spacial score (nSPS) is 19.6. The maximum absolute atomic E-state index is 12.3. The zero-order valence-corrected chi connectivity index (χ0v) is 21.1. The maximum atomic E-state index is 12.3. The first-order chi connectivity index (χ1) is 13.6. The Morgan fingerprint density at radius 2 is 1.83 bits per heavy atom. The smallest absolute Gasteiger partial charge is 0.223 e. The molecule has 2 atom stereocenters. The van der Waals surface area contributed by atoms with Crippen molar-refractivity contribution in [3.8, 4) is 0 Å². The van der Waals surface area contributed by atoms with Crippen LogP contribution in [0.15, 0.2) is 4.99 Å². The molecule has 3 N–H and O–H groups in total. The minimum atomic E-state index is 0. The second-order valence-electron chi connectivity index (χ2n) is 7.71. The quantitative estimate of drug-likeness (QED) is 0.149. The van der Waals surface area contributed by atoms with Gasteiger partial charge in [-0.3, -0.25) is 9.79 Å². The molecule has 1 fully saturated rings. The topological polar surface area (TPSA) is 84.0 Å². The summed E-state index contributed by atoms with van der Waals surface area (Å²) < 4.78 is 11.1.